The summed E-state index contributed by atoms with van der Waals surface area (Å²) in [5, 5.41) is 0.645. The lowest BCUT2D eigenvalue weighted by molar-refractivity contribution is 0.368. The predicted octanol–water partition coefficient (Wildman–Crippen LogP) is 6.76. The van der Waals surface area contributed by atoms with E-state index in [9.17, 15) is 17.3 Å². The van der Waals surface area contributed by atoms with Gasteiger partial charge in [-0.25, -0.2) is 0 Å². The van der Waals surface area contributed by atoms with Crippen LogP contribution in [0.2, 0.25) is 0 Å². The zero-order chi connectivity index (χ0) is 19.4. The first kappa shape index (κ1) is 21.9. The van der Waals surface area contributed by atoms with Gasteiger partial charge in [-0.2, -0.15) is 0 Å². The quantitative estimate of drug-likeness (QED) is 0.234. The van der Waals surface area contributed by atoms with Crippen LogP contribution in [-0.2, 0) is 10.9 Å². The fourth-order valence-corrected chi connectivity index (χ4v) is 4.92. The van der Waals surface area contributed by atoms with E-state index in [1.54, 1.807) is 0 Å². The van der Waals surface area contributed by atoms with E-state index < -0.39 is 7.25 Å². The maximum atomic E-state index is 9.75. The van der Waals surface area contributed by atoms with E-state index >= 15 is 0 Å². The van der Waals surface area contributed by atoms with E-state index in [0.717, 1.165) is 0 Å². The van der Waals surface area contributed by atoms with Crippen LogP contribution in [0.15, 0.2) is 40.1 Å². The molecule has 0 nitrogen and oxygen atoms in total. The molecule has 25 heavy (non-hydrogen) atoms. The fraction of sp³-hybridized carbons (Fsp3) is 0.333. The molecule has 0 aliphatic carbocycles. The smallest absolute Gasteiger partial charge is 0.418 e. The first-order valence-corrected chi connectivity index (χ1v) is 9.66. The zero-order valence-corrected chi connectivity index (χ0v) is 16.5. The Hall–Kier alpha value is -1.14. The number of rotatable bonds is 3. The van der Waals surface area contributed by atoms with Crippen LogP contribution in [0.3, 0.4) is 0 Å². The fourth-order valence-electron chi connectivity index (χ4n) is 2.38. The van der Waals surface area contributed by atoms with Gasteiger partial charge >= 0.3 is 7.25 Å². The summed E-state index contributed by atoms with van der Waals surface area (Å²) in [5.74, 6) is 0. The molecular weight excluding hydrogens is 371 g/mol. The topological polar surface area (TPSA) is 0 Å². The van der Waals surface area contributed by atoms with Gasteiger partial charge in [0.25, 0.3) is 0 Å². The van der Waals surface area contributed by atoms with Crippen LogP contribution in [0.1, 0.15) is 27.8 Å². The minimum absolute atomic E-state index is 0.0415. The second-order valence-corrected chi connectivity index (χ2v) is 8.44. The minimum Gasteiger partial charge on any atom is -0.418 e. The summed E-state index contributed by atoms with van der Waals surface area (Å²) in [6.07, 6.45) is 0. The van der Waals surface area contributed by atoms with Crippen LogP contribution in [0.4, 0.5) is 17.3 Å². The summed E-state index contributed by atoms with van der Waals surface area (Å²) in [4.78, 5) is 2.72. The lowest BCUT2D eigenvalue weighted by Gasteiger charge is -2.14. The number of alkyl halides is 1. The first-order chi connectivity index (χ1) is 11.5. The van der Waals surface area contributed by atoms with E-state index in [-0.39, 0.29) is 10.9 Å². The molecule has 0 bridgehead atoms. The predicted molar refractivity (Wildman–Crippen MR) is 101 cm³/mol. The molecular formula is C18H22BClF4S. The highest BCUT2D eigenvalue weighted by Crippen LogP contribution is 2.31. The van der Waals surface area contributed by atoms with Gasteiger partial charge in [0.2, 0.25) is 0 Å². The SMILES string of the molecule is Cc1ccc([S+](CCl)c2cc(C)c(C)c(C)c2C)cc1.F[B-](F)(F)F. The van der Waals surface area contributed by atoms with Gasteiger partial charge in [-0.15, -0.1) is 0 Å². The number of aryl methyl sites for hydroxylation is 2. The molecule has 0 radical (unpaired) electrons. The number of hydrogen-bond donors (Lipinski definition) is 0. The lowest BCUT2D eigenvalue weighted by atomic mass is 10.00. The molecule has 0 N–H and O–H groups in total. The number of halogens is 5. The molecule has 2 aromatic rings. The van der Waals surface area contributed by atoms with E-state index in [4.69, 9.17) is 11.6 Å². The summed E-state index contributed by atoms with van der Waals surface area (Å²) in [6.45, 7) is 10.9. The zero-order valence-electron chi connectivity index (χ0n) is 15.0. The lowest BCUT2D eigenvalue weighted by Crippen LogP contribution is -2.09. The molecule has 2 aromatic carbocycles. The first-order valence-electron chi connectivity index (χ1n) is 7.74. The van der Waals surface area contributed by atoms with Crippen molar-refractivity contribution in [2.24, 2.45) is 0 Å². The van der Waals surface area contributed by atoms with Gasteiger partial charge in [0.15, 0.2) is 15.0 Å². The molecule has 7 heteroatoms. The Morgan fingerprint density at radius 3 is 1.76 bits per heavy atom. The van der Waals surface area contributed by atoms with Crippen molar-refractivity contribution in [2.45, 2.75) is 44.4 Å². The van der Waals surface area contributed by atoms with Gasteiger partial charge in [-0.1, -0.05) is 29.3 Å². The highest BCUT2D eigenvalue weighted by molar-refractivity contribution is 7.98. The van der Waals surface area contributed by atoms with E-state index in [0.29, 0.717) is 5.21 Å². The highest BCUT2D eigenvalue weighted by Gasteiger charge is 2.27. The van der Waals surface area contributed by atoms with Crippen molar-refractivity contribution >= 4 is 29.8 Å². The van der Waals surface area contributed by atoms with Crippen LogP contribution in [-0.4, -0.2) is 12.5 Å². The Morgan fingerprint density at radius 1 is 0.840 bits per heavy atom. The molecule has 1 atom stereocenters. The second kappa shape index (κ2) is 8.99. The summed E-state index contributed by atoms with van der Waals surface area (Å²) >= 11 is 6.31. The Morgan fingerprint density at radius 2 is 1.32 bits per heavy atom. The van der Waals surface area contributed by atoms with Crippen LogP contribution >= 0.6 is 11.6 Å². The molecule has 0 aliphatic rings. The minimum atomic E-state index is -6.00. The normalized spacial score (nSPS) is 12.4. The van der Waals surface area contributed by atoms with Gasteiger partial charge in [0.05, 0.1) is 10.9 Å². The van der Waals surface area contributed by atoms with Gasteiger partial charge in [-0.05, 0) is 69.5 Å². The summed E-state index contributed by atoms with van der Waals surface area (Å²) < 4.78 is 39.0. The van der Waals surface area contributed by atoms with Crippen LogP contribution in [0.25, 0.3) is 0 Å². The Labute approximate surface area is 155 Å². The van der Waals surface area contributed by atoms with Crippen molar-refractivity contribution < 1.29 is 17.3 Å². The molecule has 138 valence electrons. The Kier molecular flexibility index (Phi) is 7.88. The third-order valence-electron chi connectivity index (χ3n) is 4.11. The molecule has 0 fully saturated rings. The van der Waals surface area contributed by atoms with Crippen LogP contribution in [0.5, 0.6) is 0 Å². The van der Waals surface area contributed by atoms with E-state index in [2.05, 4.69) is 65.0 Å². The monoisotopic (exact) mass is 392 g/mol. The van der Waals surface area contributed by atoms with Crippen molar-refractivity contribution in [3.05, 3.63) is 58.1 Å². The largest absolute Gasteiger partial charge is 0.673 e. The Bertz CT molecular complexity index is 708. The van der Waals surface area contributed by atoms with Gasteiger partial charge in [-0.3, -0.25) is 0 Å². The molecule has 0 heterocycles. The maximum Gasteiger partial charge on any atom is 0.673 e. The van der Waals surface area contributed by atoms with Crippen molar-refractivity contribution in [3.63, 3.8) is 0 Å². The van der Waals surface area contributed by atoms with Gasteiger partial charge < -0.3 is 17.3 Å². The van der Waals surface area contributed by atoms with E-state index in [1.807, 2.05) is 0 Å². The third-order valence-corrected chi connectivity index (χ3v) is 6.78. The van der Waals surface area contributed by atoms with Crippen molar-refractivity contribution in [2.75, 3.05) is 5.21 Å². The van der Waals surface area contributed by atoms with Gasteiger partial charge in [0, 0.05) is 5.56 Å². The second-order valence-electron chi connectivity index (χ2n) is 5.87. The molecule has 1 unspecified atom stereocenters. The third kappa shape index (κ3) is 6.59. The molecule has 0 saturated heterocycles. The average molecular weight is 393 g/mol. The van der Waals surface area contributed by atoms with Crippen molar-refractivity contribution in [1.82, 2.24) is 0 Å². The average Bonchev–Trinajstić information content (AvgIpc) is 2.51. The van der Waals surface area contributed by atoms with Crippen LogP contribution in [0, 0.1) is 34.6 Å². The maximum absolute atomic E-state index is 9.75. The molecule has 0 aliphatic heterocycles. The number of benzene rings is 2. The summed E-state index contributed by atoms with van der Waals surface area (Å²) in [6, 6.07) is 11.1. The van der Waals surface area contributed by atoms with Crippen molar-refractivity contribution in [3.8, 4) is 0 Å². The van der Waals surface area contributed by atoms with Crippen LogP contribution < -0.4 is 0 Å². The summed E-state index contributed by atoms with van der Waals surface area (Å²) in [5.41, 5.74) is 6.83. The highest BCUT2D eigenvalue weighted by atomic mass is 35.5. The van der Waals surface area contributed by atoms with Crippen molar-refractivity contribution in [1.29, 1.82) is 0 Å². The summed E-state index contributed by atoms with van der Waals surface area (Å²) in [7, 11) is -6.04. The molecule has 0 amide bonds. The molecule has 0 saturated carbocycles. The molecule has 2 rings (SSSR count). The molecule has 0 aromatic heterocycles. The number of hydrogen-bond acceptors (Lipinski definition) is 0. The van der Waals surface area contributed by atoms with E-state index in [1.165, 1.54) is 37.6 Å². The molecule has 0 spiro atoms. The Balaban J connectivity index is 0.000000550. The van der Waals surface area contributed by atoms with Gasteiger partial charge in [0.1, 0.15) is 0 Å². The standard InChI is InChI=1S/C18H22ClS.BF4/c1-12-6-8-17(9-7-12)20(11-19)18-10-13(2)14(3)15(4)16(18)5;2-1(3,4)5/h6-10H,11H2,1-5H3;/q+1;-1.